The Balaban J connectivity index is 0.00000112. The Bertz CT molecular complexity index is 294. The number of halogens is 1. The highest BCUT2D eigenvalue weighted by molar-refractivity contribution is 5.94. The second kappa shape index (κ2) is 5.90. The third kappa shape index (κ3) is 3.34. The lowest BCUT2D eigenvalue weighted by molar-refractivity contribution is 0.0509. The van der Waals surface area contributed by atoms with Crippen molar-refractivity contribution in [2.24, 2.45) is 0 Å². The van der Waals surface area contributed by atoms with Crippen molar-refractivity contribution < 1.29 is 13.9 Å². The molecule has 84 valence electrons. The molecule has 4 nitrogen and oxygen atoms in total. The Morgan fingerprint density at radius 2 is 2.53 bits per heavy atom. The van der Waals surface area contributed by atoms with Crippen LogP contribution in [0.25, 0.3) is 0 Å². The van der Waals surface area contributed by atoms with Gasteiger partial charge in [0.2, 0.25) is 5.78 Å². The molecule has 5 heteroatoms. The maximum absolute atomic E-state index is 11.4. The average molecular weight is 232 g/mol. The number of carbonyl (C=O) groups is 1. The van der Waals surface area contributed by atoms with Gasteiger partial charge in [0, 0.05) is 6.54 Å². The van der Waals surface area contributed by atoms with E-state index in [0.717, 1.165) is 19.5 Å². The van der Waals surface area contributed by atoms with Gasteiger partial charge in [-0.25, -0.2) is 0 Å². The minimum atomic E-state index is -0.0955. The summed E-state index contributed by atoms with van der Waals surface area (Å²) >= 11 is 0. The van der Waals surface area contributed by atoms with E-state index in [1.54, 1.807) is 12.1 Å². The van der Waals surface area contributed by atoms with Crippen molar-refractivity contribution in [2.75, 3.05) is 19.7 Å². The molecule has 1 fully saturated rings. The monoisotopic (exact) mass is 231 g/mol. The molecule has 2 rings (SSSR count). The van der Waals surface area contributed by atoms with Crippen molar-refractivity contribution in [2.45, 2.75) is 12.5 Å². The van der Waals surface area contributed by atoms with Crippen LogP contribution >= 0.6 is 12.4 Å². The summed E-state index contributed by atoms with van der Waals surface area (Å²) in [5.74, 6) is 0.276. The van der Waals surface area contributed by atoms with E-state index < -0.39 is 0 Å². The molecule has 2 heterocycles. The van der Waals surface area contributed by atoms with Crippen molar-refractivity contribution in [3.63, 3.8) is 0 Å². The van der Waals surface area contributed by atoms with Gasteiger partial charge in [-0.05, 0) is 25.1 Å². The molecule has 1 atom stereocenters. The summed E-state index contributed by atoms with van der Waals surface area (Å²) in [7, 11) is 0. The largest absolute Gasteiger partial charge is 0.461 e. The Morgan fingerprint density at radius 3 is 3.13 bits per heavy atom. The number of furan rings is 1. The molecule has 0 bridgehead atoms. The lowest BCUT2D eigenvalue weighted by Crippen LogP contribution is -2.20. The summed E-state index contributed by atoms with van der Waals surface area (Å²) in [6.07, 6.45) is 2.64. The van der Waals surface area contributed by atoms with Gasteiger partial charge in [0.1, 0.15) is 6.61 Å². The minimum Gasteiger partial charge on any atom is -0.461 e. The molecule has 1 aliphatic rings. The van der Waals surface area contributed by atoms with Crippen LogP contribution in [0.1, 0.15) is 17.0 Å². The highest BCUT2D eigenvalue weighted by atomic mass is 35.5. The Labute approximate surface area is 94.4 Å². The first-order chi connectivity index (χ1) is 6.86. The summed E-state index contributed by atoms with van der Waals surface area (Å²) in [6, 6.07) is 3.35. The fourth-order valence-electron chi connectivity index (χ4n) is 1.47. The van der Waals surface area contributed by atoms with Crippen molar-refractivity contribution in [3.8, 4) is 0 Å². The topological polar surface area (TPSA) is 51.5 Å². The lowest BCUT2D eigenvalue weighted by Gasteiger charge is -2.08. The number of carbonyl (C=O) groups excluding carboxylic acids is 1. The highest BCUT2D eigenvalue weighted by Crippen LogP contribution is 2.06. The van der Waals surface area contributed by atoms with Gasteiger partial charge in [0.05, 0.1) is 12.4 Å². The van der Waals surface area contributed by atoms with Gasteiger partial charge in [-0.2, -0.15) is 0 Å². The molecule has 15 heavy (non-hydrogen) atoms. The predicted molar refractivity (Wildman–Crippen MR) is 57.5 cm³/mol. The molecule has 0 radical (unpaired) electrons. The molecule has 0 unspecified atom stereocenters. The standard InChI is InChI=1S/C10H13NO3.ClH/c12-9(10-2-1-5-13-10)7-14-8-3-4-11-6-8;/h1-2,5,8,11H,3-4,6-7H2;1H/t8-;/m0./s1. The zero-order valence-corrected chi connectivity index (χ0v) is 9.09. The van der Waals surface area contributed by atoms with Crippen LogP contribution in [-0.4, -0.2) is 31.6 Å². The maximum Gasteiger partial charge on any atom is 0.223 e. The Kier molecular flexibility index (Phi) is 4.81. The number of hydrogen-bond acceptors (Lipinski definition) is 4. The van der Waals surface area contributed by atoms with Crippen LogP contribution in [0.5, 0.6) is 0 Å². The molecule has 1 aliphatic heterocycles. The summed E-state index contributed by atoms with van der Waals surface area (Å²) in [5, 5.41) is 3.17. The predicted octanol–water partition coefficient (Wildman–Crippen LogP) is 1.26. The minimum absolute atomic E-state index is 0. The first-order valence-electron chi connectivity index (χ1n) is 4.75. The van der Waals surface area contributed by atoms with Crippen LogP contribution in [0.4, 0.5) is 0 Å². The van der Waals surface area contributed by atoms with Gasteiger partial charge in [0.25, 0.3) is 0 Å². The van der Waals surface area contributed by atoms with E-state index >= 15 is 0 Å². The number of ether oxygens (including phenoxy) is 1. The molecule has 1 aromatic heterocycles. The maximum atomic E-state index is 11.4. The number of rotatable bonds is 4. The van der Waals surface area contributed by atoms with Gasteiger partial charge in [-0.3, -0.25) is 4.79 Å². The van der Waals surface area contributed by atoms with Crippen LogP contribution in [0.15, 0.2) is 22.8 Å². The molecule has 1 saturated heterocycles. The molecule has 0 aliphatic carbocycles. The molecule has 0 amide bonds. The van der Waals surface area contributed by atoms with Crippen molar-refractivity contribution >= 4 is 18.2 Å². The van der Waals surface area contributed by atoms with Gasteiger partial charge in [0.15, 0.2) is 5.76 Å². The third-order valence-electron chi connectivity index (χ3n) is 2.26. The van der Waals surface area contributed by atoms with Crippen LogP contribution in [0.3, 0.4) is 0 Å². The van der Waals surface area contributed by atoms with E-state index in [-0.39, 0.29) is 30.9 Å². The number of Topliss-reactive ketones (excluding diaryl/α,β-unsaturated/α-hetero) is 1. The van der Waals surface area contributed by atoms with E-state index in [4.69, 9.17) is 9.15 Å². The smallest absolute Gasteiger partial charge is 0.223 e. The third-order valence-corrected chi connectivity index (χ3v) is 2.26. The Hall–Kier alpha value is -0.840. The molecule has 0 saturated carbocycles. The van der Waals surface area contributed by atoms with E-state index in [9.17, 15) is 4.79 Å². The summed E-state index contributed by atoms with van der Waals surface area (Å²) in [5.41, 5.74) is 0. The van der Waals surface area contributed by atoms with Gasteiger partial charge >= 0.3 is 0 Å². The average Bonchev–Trinajstić information content (AvgIpc) is 2.87. The molecule has 1 N–H and O–H groups in total. The normalized spacial score (nSPS) is 19.9. The molecular formula is C10H14ClNO3. The number of hydrogen-bond donors (Lipinski definition) is 1. The summed E-state index contributed by atoms with van der Waals surface area (Å²) in [4.78, 5) is 11.4. The summed E-state index contributed by atoms with van der Waals surface area (Å²) < 4.78 is 10.4. The fraction of sp³-hybridized carbons (Fsp3) is 0.500. The summed E-state index contributed by atoms with van der Waals surface area (Å²) in [6.45, 7) is 1.92. The second-order valence-electron chi connectivity index (χ2n) is 3.33. The lowest BCUT2D eigenvalue weighted by atomic mass is 10.3. The van der Waals surface area contributed by atoms with Gasteiger partial charge in [-0.15, -0.1) is 12.4 Å². The van der Waals surface area contributed by atoms with Crippen LogP contribution < -0.4 is 5.32 Å². The molecular weight excluding hydrogens is 218 g/mol. The number of nitrogens with one attached hydrogen (secondary N) is 1. The van der Waals surface area contributed by atoms with Gasteiger partial charge in [-0.1, -0.05) is 0 Å². The highest BCUT2D eigenvalue weighted by Gasteiger charge is 2.17. The van der Waals surface area contributed by atoms with E-state index in [0.29, 0.717) is 5.76 Å². The first-order valence-corrected chi connectivity index (χ1v) is 4.75. The zero-order chi connectivity index (χ0) is 9.80. The zero-order valence-electron chi connectivity index (χ0n) is 8.27. The molecule has 0 spiro atoms. The Morgan fingerprint density at radius 1 is 1.67 bits per heavy atom. The van der Waals surface area contributed by atoms with Crippen LogP contribution in [0, 0.1) is 0 Å². The fourth-order valence-corrected chi connectivity index (χ4v) is 1.47. The van der Waals surface area contributed by atoms with Gasteiger partial charge < -0.3 is 14.5 Å². The van der Waals surface area contributed by atoms with E-state index in [1.807, 2.05) is 0 Å². The van der Waals surface area contributed by atoms with Crippen molar-refractivity contribution in [1.82, 2.24) is 5.32 Å². The molecule has 0 aromatic carbocycles. The first kappa shape index (κ1) is 12.2. The van der Waals surface area contributed by atoms with E-state index in [2.05, 4.69) is 5.32 Å². The van der Waals surface area contributed by atoms with Crippen molar-refractivity contribution in [3.05, 3.63) is 24.2 Å². The quantitative estimate of drug-likeness (QED) is 0.793. The van der Waals surface area contributed by atoms with Crippen LogP contribution in [-0.2, 0) is 4.74 Å². The van der Waals surface area contributed by atoms with Crippen LogP contribution in [0.2, 0.25) is 0 Å². The SMILES string of the molecule is Cl.O=C(CO[C@H]1CCNC1)c1ccco1. The van der Waals surface area contributed by atoms with E-state index in [1.165, 1.54) is 6.26 Å². The second-order valence-corrected chi connectivity index (χ2v) is 3.33. The van der Waals surface area contributed by atoms with Crippen molar-refractivity contribution in [1.29, 1.82) is 0 Å². The molecule has 1 aromatic rings. The number of ketones is 1.